The fourth-order valence-electron chi connectivity index (χ4n) is 0.132. The second-order valence-corrected chi connectivity index (χ2v) is 11.2. The van der Waals surface area contributed by atoms with Crippen molar-refractivity contribution in [3.63, 3.8) is 0 Å². The maximum atomic E-state index is 9.40. The molecule has 0 aromatic rings. The fraction of sp³-hybridized carbons (Fsp3) is 0.500. The van der Waals surface area contributed by atoms with E-state index in [-0.39, 0.29) is 15.2 Å². The van der Waals surface area contributed by atoms with Gasteiger partial charge in [-0.15, -0.1) is 0 Å². The van der Waals surface area contributed by atoms with Crippen LogP contribution in [0.1, 0.15) is 0 Å². The molecule has 15 heavy (non-hydrogen) atoms. The van der Waals surface area contributed by atoms with Crippen LogP contribution in [0.3, 0.4) is 0 Å². The molecule has 0 aliphatic carbocycles. The van der Waals surface area contributed by atoms with Crippen molar-refractivity contribution in [2.45, 2.75) is 6.43 Å². The predicted octanol–water partition coefficient (Wildman–Crippen LogP) is 1.97. The summed E-state index contributed by atoms with van der Waals surface area (Å²) in [5, 5.41) is 0. The first-order valence-corrected chi connectivity index (χ1v) is 8.05. The summed E-state index contributed by atoms with van der Waals surface area (Å²) in [7, 11) is 0. The van der Waals surface area contributed by atoms with E-state index in [2.05, 4.69) is 8.02 Å². The molecule has 86 valence electrons. The van der Waals surface area contributed by atoms with Gasteiger partial charge in [0.05, 0.1) is 0 Å². The third-order valence-corrected chi connectivity index (χ3v) is 3.75. The van der Waals surface area contributed by atoms with Gasteiger partial charge in [-0.25, -0.2) is 0 Å². The Morgan fingerprint density at radius 2 is 1.53 bits per heavy atom. The Bertz CT molecular complexity index is 258. The minimum absolute atomic E-state index is 0.342. The average molecular weight is 444 g/mol. The fourth-order valence-corrected chi connectivity index (χ4v) is 1.64. The molecule has 0 aliphatic heterocycles. The summed E-state index contributed by atoms with van der Waals surface area (Å²) in [6.45, 7) is 0. The molecule has 0 heterocycles. The van der Waals surface area contributed by atoms with Crippen LogP contribution in [0, 0.1) is 0 Å². The maximum absolute atomic E-state index is 9.40. The Morgan fingerprint density at radius 3 is 1.67 bits per heavy atom. The Kier molecular flexibility index (Phi) is 14.5. The molecule has 11 heteroatoms. The SMILES string of the molecule is O=C=N[Se]C(Cl)(Cl)Cl.O=C=N[Se]C(Cl)Cl. The van der Waals surface area contributed by atoms with Gasteiger partial charge in [0.25, 0.3) is 0 Å². The quantitative estimate of drug-likeness (QED) is 0.289. The zero-order valence-electron chi connectivity index (χ0n) is 6.49. The number of carbonyl (C=O) groups excluding carboxylic acids is 2. The van der Waals surface area contributed by atoms with Gasteiger partial charge in [-0.05, 0) is 0 Å². The minimum atomic E-state index is -1.40. The number of hydrogen-bond donors (Lipinski definition) is 0. The standard InChI is InChI=1S/C2Cl3NOSe.C2HCl2NOSe/c3-2(4,5)8-6-1-7;3-2(4)7-5-1-6/h;2H. The number of nitrogens with zero attached hydrogens (tertiary/aromatic N) is 2. The normalized spacial score (nSPS) is 9.47. The summed E-state index contributed by atoms with van der Waals surface area (Å²) in [5.74, 6) is 0. The first-order valence-electron chi connectivity index (χ1n) is 2.66. The number of alkyl halides is 5. The van der Waals surface area contributed by atoms with Crippen LogP contribution in [0.2, 0.25) is 0 Å². The molecule has 0 radical (unpaired) electrons. The zero-order valence-corrected chi connectivity index (χ0v) is 13.7. The molecule has 0 spiro atoms. The molecule has 0 unspecified atom stereocenters. The van der Waals surface area contributed by atoms with E-state index in [0.29, 0.717) is 0 Å². The second kappa shape index (κ2) is 11.7. The topological polar surface area (TPSA) is 58.9 Å². The molecule has 4 nitrogen and oxygen atoms in total. The van der Waals surface area contributed by atoms with Crippen molar-refractivity contribution in [3.05, 3.63) is 0 Å². The van der Waals surface area contributed by atoms with Crippen LogP contribution < -0.4 is 0 Å². The van der Waals surface area contributed by atoms with Gasteiger partial charge in [-0.1, -0.05) is 0 Å². The summed E-state index contributed by atoms with van der Waals surface area (Å²) in [6.07, 6.45) is 2.61. The van der Waals surface area contributed by atoms with Crippen molar-refractivity contribution in [2.75, 3.05) is 0 Å². The van der Waals surface area contributed by atoms with Crippen LogP contribution in [-0.2, 0) is 9.59 Å². The molecule has 0 aromatic heterocycles. The summed E-state index contributed by atoms with van der Waals surface area (Å²) >= 11 is 25.0. The van der Waals surface area contributed by atoms with E-state index in [9.17, 15) is 9.59 Å². The number of rotatable bonds is 3. The molecule has 0 fully saturated rings. The van der Waals surface area contributed by atoms with Crippen LogP contribution in [0.5, 0.6) is 0 Å². The van der Waals surface area contributed by atoms with E-state index < -0.39 is 21.6 Å². The molecule has 0 saturated heterocycles. The Balaban J connectivity index is 0. The first-order chi connectivity index (χ1) is 6.83. The van der Waals surface area contributed by atoms with E-state index in [0.717, 1.165) is 0 Å². The van der Waals surface area contributed by atoms with Crippen molar-refractivity contribution >= 4 is 101 Å². The van der Waals surface area contributed by atoms with Gasteiger partial charge in [0.15, 0.2) is 0 Å². The second-order valence-electron chi connectivity index (χ2n) is 1.27. The zero-order chi connectivity index (χ0) is 12.3. The first kappa shape index (κ1) is 18.6. The van der Waals surface area contributed by atoms with E-state index >= 15 is 0 Å². The van der Waals surface area contributed by atoms with E-state index in [1.54, 1.807) is 0 Å². The van der Waals surface area contributed by atoms with Gasteiger partial charge >= 0.3 is 125 Å². The Morgan fingerprint density at radius 1 is 1.07 bits per heavy atom. The Hall–Kier alpha value is 1.25. The summed E-state index contributed by atoms with van der Waals surface area (Å²) in [6, 6.07) is 0. The molecule has 0 aliphatic rings. The summed E-state index contributed by atoms with van der Waals surface area (Å²) < 4.78 is 4.35. The van der Waals surface area contributed by atoms with Crippen LogP contribution in [-0.4, -0.2) is 48.9 Å². The van der Waals surface area contributed by atoms with E-state index in [1.807, 2.05) is 0 Å². The molecule has 0 bridgehead atoms. The van der Waals surface area contributed by atoms with Crippen LogP contribution >= 0.6 is 58.0 Å². The third kappa shape index (κ3) is 25.5. The van der Waals surface area contributed by atoms with E-state index in [1.165, 1.54) is 12.2 Å². The third-order valence-electron chi connectivity index (χ3n) is 0.356. The molecule has 0 N–H and O–H groups in total. The molecule has 0 aromatic carbocycles. The molecule has 0 atom stereocenters. The Labute approximate surface area is 123 Å². The molecule has 0 rings (SSSR count). The predicted molar refractivity (Wildman–Crippen MR) is 63.5 cm³/mol. The van der Waals surface area contributed by atoms with Gasteiger partial charge in [0, 0.05) is 0 Å². The molecule has 0 saturated carbocycles. The summed E-state index contributed by atoms with van der Waals surface area (Å²) in [4.78, 5) is 18.7. The van der Waals surface area contributed by atoms with Gasteiger partial charge in [0.1, 0.15) is 0 Å². The number of halogens is 5. The van der Waals surface area contributed by atoms with Crippen molar-refractivity contribution in [2.24, 2.45) is 8.02 Å². The average Bonchev–Trinajstić information content (AvgIpc) is 2.11. The van der Waals surface area contributed by atoms with Crippen LogP contribution in [0.15, 0.2) is 8.02 Å². The van der Waals surface area contributed by atoms with Crippen molar-refractivity contribution in [1.29, 1.82) is 0 Å². The molecule has 0 amide bonds. The number of isocyanates is 2. The van der Waals surface area contributed by atoms with Crippen LogP contribution in [0.4, 0.5) is 0 Å². The molecular weight excluding hydrogens is 443 g/mol. The van der Waals surface area contributed by atoms with Crippen molar-refractivity contribution in [1.82, 2.24) is 0 Å². The molecular formula is C4HCl5N2O2Se2. The van der Waals surface area contributed by atoms with Gasteiger partial charge in [-0.2, -0.15) is 0 Å². The van der Waals surface area contributed by atoms with Crippen molar-refractivity contribution < 1.29 is 9.59 Å². The van der Waals surface area contributed by atoms with Gasteiger partial charge in [0.2, 0.25) is 0 Å². The van der Waals surface area contributed by atoms with Gasteiger partial charge < -0.3 is 0 Å². The number of hydrogen-bond acceptors (Lipinski definition) is 4. The van der Waals surface area contributed by atoms with Gasteiger partial charge in [-0.3, -0.25) is 0 Å². The van der Waals surface area contributed by atoms with Crippen molar-refractivity contribution in [3.8, 4) is 0 Å². The summed E-state index contributed by atoms with van der Waals surface area (Å²) in [5.41, 5.74) is 0. The monoisotopic (exact) mass is 444 g/mol. The van der Waals surface area contributed by atoms with Crippen LogP contribution in [0.25, 0.3) is 0 Å². The van der Waals surface area contributed by atoms with E-state index in [4.69, 9.17) is 58.0 Å².